The lowest BCUT2D eigenvalue weighted by molar-refractivity contribution is -0.148. The standard InChI is InChI=1S/C23H37N5O6/c1-6-25(17(2)29)12-9-20(30)33-16-24-13-19-21(31)28(15-27(19)14-24)18-7-10-26(11-8-18)22(32)34-23(3,4)5/h13,18H,6-12,14-16H2,1-5H3. The lowest BCUT2D eigenvalue weighted by Gasteiger charge is -2.37. The predicted octanol–water partition coefficient (Wildman–Crippen LogP) is 1.36. The fourth-order valence-corrected chi connectivity index (χ4v) is 4.34. The van der Waals surface area contributed by atoms with E-state index in [1.165, 1.54) is 6.92 Å². The second-order valence-electron chi connectivity index (χ2n) is 9.89. The minimum absolute atomic E-state index is 0.0374. The van der Waals surface area contributed by atoms with Crippen LogP contribution < -0.4 is 0 Å². The van der Waals surface area contributed by atoms with Gasteiger partial charge in [0.25, 0.3) is 5.91 Å². The third kappa shape index (κ3) is 6.32. The largest absolute Gasteiger partial charge is 0.444 e. The van der Waals surface area contributed by atoms with Crippen molar-refractivity contribution in [3.05, 3.63) is 11.9 Å². The second kappa shape index (κ2) is 10.5. The molecule has 3 aliphatic heterocycles. The lowest BCUT2D eigenvalue weighted by atomic mass is 10.0. The van der Waals surface area contributed by atoms with Gasteiger partial charge < -0.3 is 34.0 Å². The molecule has 0 aromatic carbocycles. The first-order valence-electron chi connectivity index (χ1n) is 11.9. The Bertz CT molecular complexity index is 830. The van der Waals surface area contributed by atoms with Crippen molar-refractivity contribution in [2.24, 2.45) is 0 Å². The van der Waals surface area contributed by atoms with Crippen molar-refractivity contribution in [1.29, 1.82) is 0 Å². The average molecular weight is 480 g/mol. The Kier molecular flexibility index (Phi) is 7.93. The molecule has 3 aliphatic rings. The smallest absolute Gasteiger partial charge is 0.410 e. The first kappa shape index (κ1) is 25.6. The van der Waals surface area contributed by atoms with Crippen LogP contribution in [0.15, 0.2) is 11.9 Å². The summed E-state index contributed by atoms with van der Waals surface area (Å²) in [7, 11) is 0. The van der Waals surface area contributed by atoms with Crippen molar-refractivity contribution < 1.29 is 28.7 Å². The summed E-state index contributed by atoms with van der Waals surface area (Å²) in [6.07, 6.45) is 2.98. The number of hydrogen-bond donors (Lipinski definition) is 0. The number of rotatable bonds is 7. The summed E-state index contributed by atoms with van der Waals surface area (Å²) in [6.45, 7) is 11.9. The van der Waals surface area contributed by atoms with E-state index in [9.17, 15) is 19.2 Å². The number of amides is 3. The number of carbonyl (C=O) groups excluding carboxylic acids is 4. The molecule has 3 amide bonds. The van der Waals surface area contributed by atoms with Crippen LogP contribution >= 0.6 is 0 Å². The molecular formula is C23H37N5O6. The maximum absolute atomic E-state index is 13.0. The molecule has 0 atom stereocenters. The summed E-state index contributed by atoms with van der Waals surface area (Å²) in [5.41, 5.74) is 0.0695. The molecule has 0 N–H and O–H groups in total. The highest BCUT2D eigenvalue weighted by Gasteiger charge is 2.42. The van der Waals surface area contributed by atoms with Gasteiger partial charge in [0.15, 0.2) is 6.73 Å². The SMILES string of the molecule is CCN(CCC(=O)OCN1C=C2C(=O)N(C3CCN(C(=O)OC(C)(C)C)CC3)CN2C1)C(C)=O. The zero-order chi connectivity index (χ0) is 25.0. The van der Waals surface area contributed by atoms with Gasteiger partial charge in [-0.1, -0.05) is 0 Å². The molecule has 2 saturated heterocycles. The molecule has 190 valence electrons. The molecule has 0 radical (unpaired) electrons. The number of hydrogen-bond acceptors (Lipinski definition) is 8. The Morgan fingerprint density at radius 2 is 1.82 bits per heavy atom. The van der Waals surface area contributed by atoms with Gasteiger partial charge in [0.1, 0.15) is 11.3 Å². The van der Waals surface area contributed by atoms with Crippen molar-refractivity contribution in [3.8, 4) is 0 Å². The van der Waals surface area contributed by atoms with Gasteiger partial charge in [-0.15, -0.1) is 0 Å². The number of piperidine rings is 1. The van der Waals surface area contributed by atoms with E-state index in [2.05, 4.69) is 0 Å². The second-order valence-corrected chi connectivity index (χ2v) is 9.89. The lowest BCUT2D eigenvalue weighted by Crippen LogP contribution is -2.49. The highest BCUT2D eigenvalue weighted by molar-refractivity contribution is 5.95. The summed E-state index contributed by atoms with van der Waals surface area (Å²) in [6, 6.07) is 0.0757. The van der Waals surface area contributed by atoms with E-state index in [0.717, 1.165) is 0 Å². The highest BCUT2D eigenvalue weighted by Crippen LogP contribution is 2.29. The number of ether oxygens (including phenoxy) is 2. The first-order chi connectivity index (χ1) is 16.0. The van der Waals surface area contributed by atoms with Crippen LogP contribution in [0.5, 0.6) is 0 Å². The van der Waals surface area contributed by atoms with Crippen molar-refractivity contribution in [3.63, 3.8) is 0 Å². The van der Waals surface area contributed by atoms with Crippen LogP contribution in [0.25, 0.3) is 0 Å². The van der Waals surface area contributed by atoms with Crippen molar-refractivity contribution >= 4 is 23.9 Å². The summed E-state index contributed by atoms with van der Waals surface area (Å²) in [5, 5.41) is 0. The summed E-state index contributed by atoms with van der Waals surface area (Å²) in [4.78, 5) is 57.6. The molecule has 0 aromatic heterocycles. The van der Waals surface area contributed by atoms with Crippen LogP contribution in [-0.2, 0) is 23.9 Å². The molecule has 0 saturated carbocycles. The van der Waals surface area contributed by atoms with Crippen molar-refractivity contribution in [2.75, 3.05) is 46.2 Å². The summed E-state index contributed by atoms with van der Waals surface area (Å²) < 4.78 is 10.8. The quantitative estimate of drug-likeness (QED) is 0.505. The third-order valence-corrected chi connectivity index (χ3v) is 6.16. The molecule has 34 heavy (non-hydrogen) atoms. The van der Waals surface area contributed by atoms with E-state index in [4.69, 9.17) is 9.47 Å². The van der Waals surface area contributed by atoms with E-state index in [-0.39, 0.29) is 43.1 Å². The van der Waals surface area contributed by atoms with Gasteiger partial charge in [-0.3, -0.25) is 14.4 Å². The van der Waals surface area contributed by atoms with E-state index in [1.807, 2.05) is 37.5 Å². The fourth-order valence-electron chi connectivity index (χ4n) is 4.34. The van der Waals surface area contributed by atoms with Crippen molar-refractivity contribution in [2.45, 2.75) is 65.5 Å². The molecule has 0 aromatic rings. The first-order valence-corrected chi connectivity index (χ1v) is 11.9. The van der Waals surface area contributed by atoms with Crippen LogP contribution in [0, 0.1) is 0 Å². The van der Waals surface area contributed by atoms with Gasteiger partial charge in [-0.05, 0) is 40.5 Å². The summed E-state index contributed by atoms with van der Waals surface area (Å²) >= 11 is 0. The van der Waals surface area contributed by atoms with Gasteiger partial charge in [0.05, 0.1) is 19.8 Å². The normalized spacial score (nSPS) is 18.7. The van der Waals surface area contributed by atoms with Crippen molar-refractivity contribution in [1.82, 2.24) is 24.5 Å². The minimum Gasteiger partial charge on any atom is -0.444 e. The zero-order valence-corrected chi connectivity index (χ0v) is 20.9. The van der Waals surface area contributed by atoms with E-state index >= 15 is 0 Å². The van der Waals surface area contributed by atoms with E-state index in [0.29, 0.717) is 58.1 Å². The maximum atomic E-state index is 13.0. The molecule has 0 unspecified atom stereocenters. The Morgan fingerprint density at radius 1 is 1.15 bits per heavy atom. The Labute approximate surface area is 201 Å². The number of carbonyl (C=O) groups is 4. The Balaban J connectivity index is 1.43. The van der Waals surface area contributed by atoms with Gasteiger partial charge >= 0.3 is 12.1 Å². The summed E-state index contributed by atoms with van der Waals surface area (Å²) in [5.74, 6) is -0.488. The monoisotopic (exact) mass is 479 g/mol. The number of likely N-dealkylation sites (tertiary alicyclic amines) is 1. The molecule has 0 spiro atoms. The molecule has 11 heteroatoms. The maximum Gasteiger partial charge on any atom is 0.410 e. The topological polar surface area (TPSA) is 103 Å². The molecule has 0 aliphatic carbocycles. The average Bonchev–Trinajstić information content (AvgIpc) is 3.30. The third-order valence-electron chi connectivity index (χ3n) is 6.16. The predicted molar refractivity (Wildman–Crippen MR) is 123 cm³/mol. The molecular weight excluding hydrogens is 442 g/mol. The molecule has 3 rings (SSSR count). The Morgan fingerprint density at radius 3 is 2.38 bits per heavy atom. The Hall–Kier alpha value is -2.98. The van der Waals surface area contributed by atoms with Crippen LogP contribution in [0.2, 0.25) is 0 Å². The molecule has 0 bridgehead atoms. The fraction of sp³-hybridized carbons (Fsp3) is 0.739. The van der Waals surface area contributed by atoms with Gasteiger partial charge in [0.2, 0.25) is 5.91 Å². The number of nitrogens with zero attached hydrogens (tertiary/aromatic N) is 5. The van der Waals surface area contributed by atoms with E-state index in [1.54, 1.807) is 20.9 Å². The minimum atomic E-state index is -0.527. The number of fused-ring (bicyclic) bond motifs is 1. The number of esters is 1. The molecule has 3 heterocycles. The van der Waals surface area contributed by atoms with Gasteiger partial charge in [-0.25, -0.2) is 4.79 Å². The van der Waals surface area contributed by atoms with E-state index < -0.39 is 5.60 Å². The van der Waals surface area contributed by atoms with Gasteiger partial charge in [0, 0.05) is 45.3 Å². The van der Waals surface area contributed by atoms with Gasteiger partial charge in [-0.2, -0.15) is 0 Å². The van der Waals surface area contributed by atoms with Crippen LogP contribution in [0.4, 0.5) is 4.79 Å². The van der Waals surface area contributed by atoms with Crippen LogP contribution in [0.3, 0.4) is 0 Å². The zero-order valence-electron chi connectivity index (χ0n) is 20.9. The van der Waals surface area contributed by atoms with Crippen LogP contribution in [0.1, 0.15) is 53.9 Å². The molecule has 11 nitrogen and oxygen atoms in total. The molecule has 2 fully saturated rings. The van der Waals surface area contributed by atoms with Crippen LogP contribution in [-0.4, -0.2) is 106 Å². The highest BCUT2D eigenvalue weighted by atomic mass is 16.6.